The van der Waals surface area contributed by atoms with Crippen LogP contribution in [-0.4, -0.2) is 10.2 Å². The van der Waals surface area contributed by atoms with Gasteiger partial charge in [0.1, 0.15) is 5.03 Å². The first-order chi connectivity index (χ1) is 16.1. The summed E-state index contributed by atoms with van der Waals surface area (Å²) >= 11 is 23.3. The molecule has 0 N–H and O–H groups in total. The van der Waals surface area contributed by atoms with Gasteiger partial charge < -0.3 is 0 Å². The number of aromatic nitrogens is 2. The van der Waals surface area contributed by atoms with Crippen molar-refractivity contribution in [1.29, 1.82) is 0 Å². The van der Waals surface area contributed by atoms with Crippen LogP contribution in [0.4, 0.5) is 0 Å². The van der Waals surface area contributed by atoms with Crippen molar-refractivity contribution in [3.8, 4) is 0 Å². The predicted molar refractivity (Wildman–Crippen MR) is 145 cm³/mol. The van der Waals surface area contributed by atoms with Crippen LogP contribution in [0.2, 0.25) is 15.1 Å². The maximum absolute atomic E-state index is 6.05. The fourth-order valence-corrected chi connectivity index (χ4v) is 6.60. The van der Waals surface area contributed by atoms with E-state index in [4.69, 9.17) is 34.8 Å². The summed E-state index contributed by atoms with van der Waals surface area (Å²) in [6.45, 7) is 0. The summed E-state index contributed by atoms with van der Waals surface area (Å²) in [5.74, 6) is 2.45. The zero-order valence-electron chi connectivity index (χ0n) is 17.4. The Hall–Kier alpha value is -1.34. The van der Waals surface area contributed by atoms with Gasteiger partial charge >= 0.3 is 0 Å². The molecule has 2 nitrogen and oxygen atoms in total. The molecule has 0 aliphatic heterocycles. The summed E-state index contributed by atoms with van der Waals surface area (Å²) in [6, 6.07) is 23.8. The molecule has 0 saturated carbocycles. The number of hydrogen-bond acceptors (Lipinski definition) is 5. The zero-order valence-corrected chi connectivity index (χ0v) is 22.1. The summed E-state index contributed by atoms with van der Waals surface area (Å²) < 4.78 is 0. The largest absolute Gasteiger partial charge is 0.157 e. The smallest absolute Gasteiger partial charge is 0.134 e. The van der Waals surface area contributed by atoms with Crippen LogP contribution < -0.4 is 0 Å². The number of thioether (sulfide) groups is 3. The first kappa shape index (κ1) is 24.8. The SMILES string of the molecule is Clc1ccc(CSc2cnnc(SCc3ccc(Cl)cc3)c2SCc2ccc(Cl)cc2)cc1. The topological polar surface area (TPSA) is 25.8 Å². The van der Waals surface area contributed by atoms with E-state index in [-0.39, 0.29) is 0 Å². The summed E-state index contributed by atoms with van der Waals surface area (Å²) in [5, 5.41) is 11.9. The normalized spacial score (nSPS) is 11.0. The fraction of sp³-hybridized carbons (Fsp3) is 0.120. The highest BCUT2D eigenvalue weighted by Gasteiger charge is 2.14. The van der Waals surface area contributed by atoms with Crippen molar-refractivity contribution in [3.63, 3.8) is 0 Å². The molecule has 0 spiro atoms. The minimum atomic E-state index is 0.739. The summed E-state index contributed by atoms with van der Waals surface area (Å²) in [4.78, 5) is 2.27. The average molecular weight is 550 g/mol. The van der Waals surface area contributed by atoms with E-state index in [1.54, 1.807) is 35.3 Å². The molecule has 0 saturated heterocycles. The second-order valence-electron chi connectivity index (χ2n) is 7.09. The molecule has 0 radical (unpaired) electrons. The molecule has 0 amide bonds. The Labute approximate surface area is 221 Å². The van der Waals surface area contributed by atoms with Crippen LogP contribution in [0.15, 0.2) is 93.8 Å². The van der Waals surface area contributed by atoms with E-state index in [2.05, 4.69) is 34.5 Å². The molecule has 0 bridgehead atoms. The van der Waals surface area contributed by atoms with Crippen molar-refractivity contribution < 1.29 is 0 Å². The van der Waals surface area contributed by atoms with Gasteiger partial charge in [-0.25, -0.2) is 0 Å². The van der Waals surface area contributed by atoms with Gasteiger partial charge in [0.2, 0.25) is 0 Å². The average Bonchev–Trinajstić information content (AvgIpc) is 2.83. The molecule has 168 valence electrons. The molecule has 4 aromatic rings. The highest BCUT2D eigenvalue weighted by Crippen LogP contribution is 2.40. The van der Waals surface area contributed by atoms with E-state index >= 15 is 0 Å². The first-order valence-corrected chi connectivity index (χ1v) is 14.1. The second-order valence-corrected chi connectivity index (χ2v) is 11.4. The molecule has 0 unspecified atom stereocenters. The third-order valence-electron chi connectivity index (χ3n) is 4.63. The van der Waals surface area contributed by atoms with E-state index in [0.717, 1.165) is 47.1 Å². The molecule has 0 fully saturated rings. The second kappa shape index (κ2) is 12.4. The Morgan fingerprint density at radius 2 is 0.970 bits per heavy atom. The molecule has 3 aromatic carbocycles. The van der Waals surface area contributed by atoms with E-state index in [9.17, 15) is 0 Å². The number of nitrogens with zero attached hydrogens (tertiary/aromatic N) is 2. The van der Waals surface area contributed by atoms with Crippen LogP contribution in [0.5, 0.6) is 0 Å². The van der Waals surface area contributed by atoms with Gasteiger partial charge in [-0.1, -0.05) is 83.0 Å². The molecular weight excluding hydrogens is 531 g/mol. The first-order valence-electron chi connectivity index (χ1n) is 10.0. The van der Waals surface area contributed by atoms with Crippen LogP contribution >= 0.6 is 70.1 Å². The van der Waals surface area contributed by atoms with Crippen molar-refractivity contribution in [2.24, 2.45) is 0 Å². The number of halogens is 3. The lowest BCUT2D eigenvalue weighted by Gasteiger charge is -2.13. The number of benzene rings is 3. The van der Waals surface area contributed by atoms with E-state index in [1.165, 1.54) is 16.7 Å². The molecule has 1 aromatic heterocycles. The van der Waals surface area contributed by atoms with Gasteiger partial charge in [-0.2, -0.15) is 5.10 Å². The van der Waals surface area contributed by atoms with Gasteiger partial charge in [-0.05, 0) is 53.1 Å². The van der Waals surface area contributed by atoms with Crippen LogP contribution in [0, 0.1) is 0 Å². The van der Waals surface area contributed by atoms with Crippen LogP contribution in [0.25, 0.3) is 0 Å². The molecule has 4 rings (SSSR count). The highest BCUT2D eigenvalue weighted by molar-refractivity contribution is 8.03. The monoisotopic (exact) mass is 548 g/mol. The van der Waals surface area contributed by atoms with Crippen molar-refractivity contribution in [2.75, 3.05) is 0 Å². The fourth-order valence-electron chi connectivity index (χ4n) is 2.88. The van der Waals surface area contributed by atoms with Gasteiger partial charge in [-0.15, -0.1) is 28.6 Å². The van der Waals surface area contributed by atoms with Crippen molar-refractivity contribution in [2.45, 2.75) is 32.1 Å². The van der Waals surface area contributed by atoms with Crippen molar-refractivity contribution >= 4 is 70.1 Å². The summed E-state index contributed by atoms with van der Waals surface area (Å²) in [7, 11) is 0. The lowest BCUT2D eigenvalue weighted by Crippen LogP contribution is -1.94. The Balaban J connectivity index is 1.53. The van der Waals surface area contributed by atoms with Crippen molar-refractivity contribution in [1.82, 2.24) is 10.2 Å². The molecule has 1 heterocycles. The zero-order chi connectivity index (χ0) is 23.0. The van der Waals surface area contributed by atoms with Gasteiger partial charge in [0, 0.05) is 37.2 Å². The number of rotatable bonds is 9. The Morgan fingerprint density at radius 1 is 0.545 bits per heavy atom. The Bertz CT molecular complexity index is 1120. The number of hydrogen-bond donors (Lipinski definition) is 0. The lowest BCUT2D eigenvalue weighted by molar-refractivity contribution is 0.831. The Morgan fingerprint density at radius 3 is 1.45 bits per heavy atom. The predicted octanol–water partition coefficient (Wildman–Crippen LogP) is 9.31. The van der Waals surface area contributed by atoms with E-state index < -0.39 is 0 Å². The Kier molecular flexibility index (Phi) is 9.30. The quantitative estimate of drug-likeness (QED) is 0.194. The highest BCUT2D eigenvalue weighted by atomic mass is 35.5. The minimum absolute atomic E-state index is 0.739. The van der Waals surface area contributed by atoms with Crippen LogP contribution in [-0.2, 0) is 17.3 Å². The molecule has 33 heavy (non-hydrogen) atoms. The van der Waals surface area contributed by atoms with Gasteiger partial charge in [0.25, 0.3) is 0 Å². The van der Waals surface area contributed by atoms with Crippen LogP contribution in [0.3, 0.4) is 0 Å². The van der Waals surface area contributed by atoms with Crippen LogP contribution in [0.1, 0.15) is 16.7 Å². The summed E-state index contributed by atoms with van der Waals surface area (Å²) in [6.07, 6.45) is 1.86. The van der Waals surface area contributed by atoms with Gasteiger partial charge in [0.05, 0.1) is 11.1 Å². The lowest BCUT2D eigenvalue weighted by atomic mass is 10.2. The van der Waals surface area contributed by atoms with Crippen molar-refractivity contribution in [3.05, 3.63) is 111 Å². The van der Waals surface area contributed by atoms with E-state index in [1.807, 2.05) is 54.7 Å². The minimum Gasteiger partial charge on any atom is -0.157 e. The summed E-state index contributed by atoms with van der Waals surface area (Å²) in [5.41, 5.74) is 3.62. The molecule has 8 heteroatoms. The van der Waals surface area contributed by atoms with E-state index in [0.29, 0.717) is 0 Å². The van der Waals surface area contributed by atoms with Gasteiger partial charge in [0.15, 0.2) is 0 Å². The molecular formula is C25H19Cl3N2S3. The third-order valence-corrected chi connectivity index (χ3v) is 8.96. The molecule has 0 atom stereocenters. The molecule has 0 aliphatic rings. The standard InChI is InChI=1S/C25H19Cl3N2S3/c26-20-7-1-17(2-8-20)14-31-23-13-29-30-25(33-16-19-5-11-22(28)12-6-19)24(23)32-15-18-3-9-21(27)10-4-18/h1-13H,14-16H2. The third kappa shape index (κ3) is 7.57. The van der Waals surface area contributed by atoms with Gasteiger partial charge in [-0.3, -0.25) is 0 Å². The maximum atomic E-state index is 6.05. The maximum Gasteiger partial charge on any atom is 0.134 e. The molecule has 0 aliphatic carbocycles.